The molecule has 0 bridgehead atoms. The van der Waals surface area contributed by atoms with Gasteiger partial charge in [0.2, 0.25) is 0 Å². The molecule has 0 aromatic heterocycles. The Morgan fingerprint density at radius 2 is 1.62 bits per heavy atom. The highest BCUT2D eigenvalue weighted by atomic mass is 16.6. The van der Waals surface area contributed by atoms with Gasteiger partial charge >= 0.3 is 6.09 Å². The average Bonchev–Trinajstić information content (AvgIpc) is 2.77. The van der Waals surface area contributed by atoms with Crippen molar-refractivity contribution in [2.75, 3.05) is 13.1 Å². The Balaban J connectivity index is 1.43. The lowest BCUT2D eigenvalue weighted by atomic mass is 9.83. The number of hydrogen-bond acceptors (Lipinski definition) is 4. The number of ether oxygens (including phenoxy) is 2. The summed E-state index contributed by atoms with van der Waals surface area (Å²) in [7, 11) is 0. The maximum absolute atomic E-state index is 12.3. The molecule has 1 heterocycles. The average molecular weight is 434 g/mol. The zero-order valence-electron chi connectivity index (χ0n) is 19.0. The smallest absolute Gasteiger partial charge is 0.410 e. The van der Waals surface area contributed by atoms with E-state index in [9.17, 15) is 9.90 Å². The van der Waals surface area contributed by atoms with Crippen LogP contribution in [-0.2, 0) is 16.9 Å². The van der Waals surface area contributed by atoms with Crippen LogP contribution < -0.4 is 4.74 Å². The molecule has 1 fully saturated rings. The summed E-state index contributed by atoms with van der Waals surface area (Å²) in [6.07, 6.45) is 0.646. The van der Waals surface area contributed by atoms with Crippen LogP contribution in [0.25, 0.3) is 10.8 Å². The Kier molecular flexibility index (Phi) is 6.11. The molecule has 5 nitrogen and oxygen atoms in total. The molecule has 0 atom stereocenters. The van der Waals surface area contributed by atoms with Gasteiger partial charge in [-0.2, -0.15) is 0 Å². The van der Waals surface area contributed by atoms with Crippen LogP contribution in [0.15, 0.2) is 66.7 Å². The van der Waals surface area contributed by atoms with Gasteiger partial charge in [-0.25, -0.2) is 4.79 Å². The molecule has 1 aliphatic heterocycles. The summed E-state index contributed by atoms with van der Waals surface area (Å²) in [6.45, 7) is 7.04. The van der Waals surface area contributed by atoms with Gasteiger partial charge in [-0.1, -0.05) is 48.5 Å². The van der Waals surface area contributed by atoms with E-state index in [1.807, 2.05) is 87.5 Å². The standard InChI is InChI=1S/C27H31NO4/c1-26(2,3)32-25(29)28-15-13-27(30,14-16-28)23-11-9-22-18-24(12-10-21(22)17-23)31-19-20-7-5-4-6-8-20/h4-12,17-18,30H,13-16,19H2,1-3H3. The normalized spacial score (nSPS) is 16.1. The monoisotopic (exact) mass is 433 g/mol. The first-order valence-electron chi connectivity index (χ1n) is 11.1. The highest BCUT2D eigenvalue weighted by Gasteiger charge is 2.36. The lowest BCUT2D eigenvalue weighted by Gasteiger charge is -2.39. The molecule has 0 saturated carbocycles. The lowest BCUT2D eigenvalue weighted by molar-refractivity contribution is -0.0355. The molecule has 1 saturated heterocycles. The van der Waals surface area contributed by atoms with E-state index in [0.717, 1.165) is 27.6 Å². The molecule has 1 N–H and O–H groups in total. The van der Waals surface area contributed by atoms with Crippen molar-refractivity contribution in [2.24, 2.45) is 0 Å². The third-order valence-electron chi connectivity index (χ3n) is 5.84. The highest BCUT2D eigenvalue weighted by molar-refractivity contribution is 5.84. The lowest BCUT2D eigenvalue weighted by Crippen LogP contribution is -2.46. The van der Waals surface area contributed by atoms with Gasteiger partial charge in [-0.05, 0) is 73.7 Å². The molecule has 32 heavy (non-hydrogen) atoms. The molecule has 0 aliphatic carbocycles. The van der Waals surface area contributed by atoms with Crippen LogP contribution in [0.3, 0.4) is 0 Å². The second-order valence-electron chi connectivity index (χ2n) is 9.50. The number of nitrogens with zero attached hydrogens (tertiary/aromatic N) is 1. The number of hydrogen-bond donors (Lipinski definition) is 1. The van der Waals surface area contributed by atoms with Crippen molar-refractivity contribution in [1.82, 2.24) is 4.90 Å². The fraction of sp³-hybridized carbons (Fsp3) is 0.370. The molecule has 1 amide bonds. The van der Waals surface area contributed by atoms with E-state index in [1.54, 1.807) is 4.90 Å². The quantitative estimate of drug-likeness (QED) is 0.579. The molecule has 3 aromatic rings. The van der Waals surface area contributed by atoms with Gasteiger partial charge in [0.1, 0.15) is 18.0 Å². The molecule has 168 valence electrons. The molecule has 0 unspecified atom stereocenters. The van der Waals surface area contributed by atoms with E-state index in [2.05, 4.69) is 0 Å². The number of likely N-dealkylation sites (tertiary alicyclic amines) is 1. The molecule has 5 heteroatoms. The number of rotatable bonds is 4. The second-order valence-corrected chi connectivity index (χ2v) is 9.50. The minimum Gasteiger partial charge on any atom is -0.489 e. The first-order valence-corrected chi connectivity index (χ1v) is 11.1. The van der Waals surface area contributed by atoms with Crippen LogP contribution in [-0.4, -0.2) is 34.8 Å². The zero-order valence-corrected chi connectivity index (χ0v) is 19.0. The van der Waals surface area contributed by atoms with Gasteiger partial charge < -0.3 is 19.5 Å². The number of carbonyl (C=O) groups is 1. The maximum atomic E-state index is 12.3. The van der Waals surface area contributed by atoms with Gasteiger partial charge in [-0.3, -0.25) is 0 Å². The Hall–Kier alpha value is -3.05. The Bertz CT molecular complexity index is 1080. The number of fused-ring (bicyclic) bond motifs is 1. The summed E-state index contributed by atoms with van der Waals surface area (Å²) in [4.78, 5) is 14.0. The minimum atomic E-state index is -0.949. The third-order valence-corrected chi connectivity index (χ3v) is 5.84. The summed E-state index contributed by atoms with van der Waals surface area (Å²) < 4.78 is 11.4. The number of carbonyl (C=O) groups excluding carboxylic acids is 1. The summed E-state index contributed by atoms with van der Waals surface area (Å²) >= 11 is 0. The highest BCUT2D eigenvalue weighted by Crippen LogP contribution is 2.35. The molecular formula is C27H31NO4. The topological polar surface area (TPSA) is 59.0 Å². The van der Waals surface area contributed by atoms with Crippen molar-refractivity contribution in [3.63, 3.8) is 0 Å². The van der Waals surface area contributed by atoms with Crippen LogP contribution in [0, 0.1) is 0 Å². The fourth-order valence-corrected chi connectivity index (χ4v) is 4.02. The Labute approximate surface area is 189 Å². The first-order chi connectivity index (χ1) is 15.2. The predicted molar refractivity (Wildman–Crippen MR) is 126 cm³/mol. The van der Waals surface area contributed by atoms with Crippen LogP contribution in [0.2, 0.25) is 0 Å². The third kappa shape index (κ3) is 5.22. The van der Waals surface area contributed by atoms with Gasteiger partial charge in [0.25, 0.3) is 0 Å². The molecule has 4 rings (SSSR count). The Morgan fingerprint density at radius 3 is 2.31 bits per heavy atom. The second kappa shape index (κ2) is 8.83. The van der Waals surface area contributed by atoms with Crippen LogP contribution in [0.5, 0.6) is 5.75 Å². The van der Waals surface area contributed by atoms with Crippen molar-refractivity contribution < 1.29 is 19.4 Å². The summed E-state index contributed by atoms with van der Waals surface area (Å²) in [5.41, 5.74) is 0.539. The van der Waals surface area contributed by atoms with Gasteiger partial charge in [0, 0.05) is 13.1 Å². The number of aliphatic hydroxyl groups is 1. The number of benzene rings is 3. The largest absolute Gasteiger partial charge is 0.489 e. The molecular weight excluding hydrogens is 402 g/mol. The molecule has 0 spiro atoms. The van der Waals surface area contributed by atoms with Crippen molar-refractivity contribution in [1.29, 1.82) is 0 Å². The first kappa shape index (κ1) is 22.2. The summed E-state index contributed by atoms with van der Waals surface area (Å²) in [5.74, 6) is 0.818. The van der Waals surface area contributed by atoms with Crippen LogP contribution >= 0.6 is 0 Å². The van der Waals surface area contributed by atoms with Crippen molar-refractivity contribution in [3.05, 3.63) is 77.9 Å². The van der Waals surface area contributed by atoms with Gasteiger partial charge in [0.15, 0.2) is 0 Å². The van der Waals surface area contributed by atoms with Gasteiger partial charge in [-0.15, -0.1) is 0 Å². The summed E-state index contributed by atoms with van der Waals surface area (Å²) in [6, 6.07) is 22.1. The maximum Gasteiger partial charge on any atom is 0.410 e. The molecule has 3 aromatic carbocycles. The van der Waals surface area contributed by atoms with Crippen LogP contribution in [0.4, 0.5) is 4.79 Å². The van der Waals surface area contributed by atoms with E-state index in [1.165, 1.54) is 0 Å². The minimum absolute atomic E-state index is 0.318. The van der Waals surface area contributed by atoms with Crippen molar-refractivity contribution in [3.8, 4) is 5.75 Å². The van der Waals surface area contributed by atoms with E-state index >= 15 is 0 Å². The van der Waals surface area contributed by atoms with Crippen molar-refractivity contribution >= 4 is 16.9 Å². The van der Waals surface area contributed by atoms with E-state index in [0.29, 0.717) is 32.5 Å². The Morgan fingerprint density at radius 1 is 0.969 bits per heavy atom. The van der Waals surface area contributed by atoms with Gasteiger partial charge in [0.05, 0.1) is 5.60 Å². The number of amides is 1. The predicted octanol–water partition coefficient (Wildman–Crippen LogP) is 5.64. The molecule has 0 radical (unpaired) electrons. The zero-order chi connectivity index (χ0) is 22.8. The van der Waals surface area contributed by atoms with E-state index < -0.39 is 11.2 Å². The number of piperidine rings is 1. The van der Waals surface area contributed by atoms with Crippen LogP contribution in [0.1, 0.15) is 44.7 Å². The SMILES string of the molecule is CC(C)(C)OC(=O)N1CCC(O)(c2ccc3cc(OCc4ccccc4)ccc3c2)CC1. The van der Waals surface area contributed by atoms with E-state index in [4.69, 9.17) is 9.47 Å². The fourth-order valence-electron chi connectivity index (χ4n) is 4.02. The molecule has 1 aliphatic rings. The summed E-state index contributed by atoms with van der Waals surface area (Å²) in [5, 5.41) is 13.4. The van der Waals surface area contributed by atoms with Crippen molar-refractivity contribution in [2.45, 2.75) is 51.4 Å². The van der Waals surface area contributed by atoms with E-state index in [-0.39, 0.29) is 6.09 Å².